The van der Waals surface area contributed by atoms with Crippen molar-refractivity contribution in [3.63, 3.8) is 0 Å². The van der Waals surface area contributed by atoms with Gasteiger partial charge < -0.3 is 20.7 Å². The zero-order valence-corrected chi connectivity index (χ0v) is 24.2. The number of pyridine rings is 1. The molecule has 0 bridgehead atoms. The number of primary amides is 1. The van der Waals surface area contributed by atoms with Gasteiger partial charge in [-0.05, 0) is 55.0 Å². The molecule has 1 unspecified atom stereocenters. The summed E-state index contributed by atoms with van der Waals surface area (Å²) < 4.78 is 5.48. The summed E-state index contributed by atoms with van der Waals surface area (Å²) in [5, 5.41) is 3.48. The molecule has 0 spiro atoms. The number of hydrogen-bond donors (Lipinski definition) is 2. The predicted octanol–water partition coefficient (Wildman–Crippen LogP) is 6.85. The lowest BCUT2D eigenvalue weighted by Crippen LogP contribution is -2.27. The highest BCUT2D eigenvalue weighted by molar-refractivity contribution is 5.72. The van der Waals surface area contributed by atoms with Gasteiger partial charge in [-0.25, -0.2) is 9.78 Å². The second kappa shape index (κ2) is 12.0. The first-order chi connectivity index (χ1) is 19.7. The van der Waals surface area contributed by atoms with Crippen molar-refractivity contribution in [2.75, 3.05) is 16.8 Å². The number of rotatable bonds is 8. The minimum Gasteiger partial charge on any atom is -0.441 e. The van der Waals surface area contributed by atoms with Gasteiger partial charge in [-0.3, -0.25) is 4.98 Å². The SMILES string of the molecule is C[C@@H](Cc1cccc(C(OC(N)=O)C(C)(C)C)c1)Nc1nccc(N2CCCc3cnc(-c4ccccc4)cc32)n1. The topological polar surface area (TPSA) is 106 Å². The van der Waals surface area contributed by atoms with Gasteiger partial charge in [0.15, 0.2) is 0 Å². The van der Waals surface area contributed by atoms with Crippen LogP contribution in [0, 0.1) is 5.41 Å². The maximum Gasteiger partial charge on any atom is 0.405 e. The molecule has 0 saturated carbocycles. The molecule has 3 N–H and O–H groups in total. The van der Waals surface area contributed by atoms with E-state index >= 15 is 0 Å². The van der Waals surface area contributed by atoms with Crippen molar-refractivity contribution < 1.29 is 9.53 Å². The fourth-order valence-electron chi connectivity index (χ4n) is 5.41. The van der Waals surface area contributed by atoms with E-state index in [1.165, 1.54) is 5.56 Å². The van der Waals surface area contributed by atoms with Crippen LogP contribution in [0.1, 0.15) is 56.9 Å². The lowest BCUT2D eigenvalue weighted by Gasteiger charge is -2.31. The van der Waals surface area contributed by atoms with Crippen LogP contribution < -0.4 is 16.0 Å². The van der Waals surface area contributed by atoms with Gasteiger partial charge in [0.05, 0.1) is 5.69 Å². The summed E-state index contributed by atoms with van der Waals surface area (Å²) >= 11 is 0. The third kappa shape index (κ3) is 6.82. The Morgan fingerprint density at radius 3 is 2.63 bits per heavy atom. The van der Waals surface area contributed by atoms with Crippen molar-refractivity contribution >= 4 is 23.5 Å². The predicted molar refractivity (Wildman–Crippen MR) is 163 cm³/mol. The van der Waals surface area contributed by atoms with Crippen LogP contribution in [0.5, 0.6) is 0 Å². The Kier molecular flexibility index (Phi) is 8.19. The van der Waals surface area contributed by atoms with E-state index in [2.05, 4.69) is 52.5 Å². The third-order valence-electron chi connectivity index (χ3n) is 7.26. The van der Waals surface area contributed by atoms with E-state index in [9.17, 15) is 4.79 Å². The molecule has 0 fully saturated rings. The molecule has 1 aliphatic rings. The van der Waals surface area contributed by atoms with E-state index in [0.717, 1.165) is 59.7 Å². The molecule has 4 aromatic rings. The fourth-order valence-corrected chi connectivity index (χ4v) is 5.41. The minimum atomic E-state index is -0.772. The Hall–Kier alpha value is -4.46. The van der Waals surface area contributed by atoms with Crippen molar-refractivity contribution in [3.8, 4) is 11.3 Å². The summed E-state index contributed by atoms with van der Waals surface area (Å²) in [6.45, 7) is 9.08. The molecule has 2 aromatic heterocycles. The van der Waals surface area contributed by atoms with Gasteiger partial charge in [-0.2, -0.15) is 4.98 Å². The molecular weight excluding hydrogens is 512 g/mol. The molecule has 2 atom stereocenters. The van der Waals surface area contributed by atoms with Crippen molar-refractivity contribution in [1.82, 2.24) is 15.0 Å². The highest BCUT2D eigenvalue weighted by Gasteiger charge is 2.30. The van der Waals surface area contributed by atoms with E-state index in [4.69, 9.17) is 20.4 Å². The molecular formula is C33H38N6O2. The van der Waals surface area contributed by atoms with Crippen molar-refractivity contribution in [3.05, 3.63) is 95.8 Å². The van der Waals surface area contributed by atoms with Crippen molar-refractivity contribution in [1.29, 1.82) is 0 Å². The van der Waals surface area contributed by atoms with Crippen LogP contribution in [0.3, 0.4) is 0 Å². The number of anilines is 3. The summed E-state index contributed by atoms with van der Waals surface area (Å²) in [6.07, 6.45) is 5.38. The van der Waals surface area contributed by atoms with Gasteiger partial charge in [0.25, 0.3) is 0 Å². The normalized spacial score (nSPS) is 14.6. The molecule has 0 aliphatic carbocycles. The number of ether oxygens (including phenoxy) is 1. The molecule has 3 heterocycles. The number of benzene rings is 2. The van der Waals surface area contributed by atoms with Crippen LogP contribution >= 0.6 is 0 Å². The Morgan fingerprint density at radius 1 is 1.07 bits per heavy atom. The highest BCUT2D eigenvalue weighted by atomic mass is 16.6. The van der Waals surface area contributed by atoms with E-state index in [1.807, 2.05) is 63.4 Å². The number of nitrogens with zero attached hydrogens (tertiary/aromatic N) is 4. The Bertz CT molecular complexity index is 1500. The lowest BCUT2D eigenvalue weighted by atomic mass is 9.84. The largest absolute Gasteiger partial charge is 0.441 e. The number of carbonyl (C=O) groups is 1. The number of fused-ring (bicyclic) bond motifs is 1. The molecule has 5 rings (SSSR count). The molecule has 1 aliphatic heterocycles. The van der Waals surface area contributed by atoms with Crippen LogP contribution in [0.2, 0.25) is 0 Å². The summed E-state index contributed by atoms with van der Waals surface area (Å²) in [7, 11) is 0. The van der Waals surface area contributed by atoms with Crippen molar-refractivity contribution in [2.24, 2.45) is 11.1 Å². The van der Waals surface area contributed by atoms with Crippen LogP contribution in [-0.4, -0.2) is 33.6 Å². The van der Waals surface area contributed by atoms with Gasteiger partial charge in [0.1, 0.15) is 11.9 Å². The highest BCUT2D eigenvalue weighted by Crippen LogP contribution is 2.37. The molecule has 0 saturated heterocycles. The molecule has 8 nitrogen and oxygen atoms in total. The Labute approximate surface area is 242 Å². The van der Waals surface area contributed by atoms with E-state index in [-0.39, 0.29) is 11.5 Å². The third-order valence-corrected chi connectivity index (χ3v) is 7.26. The fraction of sp³-hybridized carbons (Fsp3) is 0.333. The molecule has 8 heteroatoms. The summed E-state index contributed by atoms with van der Waals surface area (Å²) in [6, 6.07) is 22.6. The number of carbonyl (C=O) groups excluding carboxylic acids is 1. The van der Waals surface area contributed by atoms with Gasteiger partial charge >= 0.3 is 6.09 Å². The van der Waals surface area contributed by atoms with Crippen molar-refractivity contribution in [2.45, 2.75) is 59.1 Å². The number of aryl methyl sites for hydroxylation is 1. The second-order valence-electron chi connectivity index (χ2n) is 11.7. The number of amides is 1. The van der Waals surface area contributed by atoms with Gasteiger partial charge in [0.2, 0.25) is 5.95 Å². The van der Waals surface area contributed by atoms with Gasteiger partial charge in [0, 0.05) is 41.6 Å². The minimum absolute atomic E-state index is 0.0631. The first-order valence-corrected chi connectivity index (χ1v) is 14.1. The molecule has 41 heavy (non-hydrogen) atoms. The molecule has 212 valence electrons. The van der Waals surface area contributed by atoms with Crippen LogP contribution in [-0.2, 0) is 17.6 Å². The van der Waals surface area contributed by atoms with Crippen LogP contribution in [0.15, 0.2) is 79.1 Å². The summed E-state index contributed by atoms with van der Waals surface area (Å²) in [5.74, 6) is 1.44. The number of nitrogens with two attached hydrogens (primary N) is 1. The maximum atomic E-state index is 11.6. The van der Waals surface area contributed by atoms with E-state index in [1.54, 1.807) is 6.20 Å². The average Bonchev–Trinajstić information content (AvgIpc) is 2.95. The molecule has 1 amide bonds. The Morgan fingerprint density at radius 2 is 1.88 bits per heavy atom. The number of hydrogen-bond acceptors (Lipinski definition) is 7. The number of aromatic nitrogens is 3. The molecule has 2 aromatic carbocycles. The molecule has 0 radical (unpaired) electrons. The maximum absolute atomic E-state index is 11.6. The summed E-state index contributed by atoms with van der Waals surface area (Å²) in [5.41, 5.74) is 11.5. The average molecular weight is 551 g/mol. The Balaban J connectivity index is 1.32. The van der Waals surface area contributed by atoms with Crippen LogP contribution in [0.25, 0.3) is 11.3 Å². The smallest absolute Gasteiger partial charge is 0.405 e. The van der Waals surface area contributed by atoms with Gasteiger partial charge in [-0.1, -0.05) is 75.4 Å². The monoisotopic (exact) mass is 550 g/mol. The second-order valence-corrected chi connectivity index (χ2v) is 11.7. The first-order valence-electron chi connectivity index (χ1n) is 14.1. The van der Waals surface area contributed by atoms with Crippen LogP contribution in [0.4, 0.5) is 22.2 Å². The summed E-state index contributed by atoms with van der Waals surface area (Å²) in [4.78, 5) is 28.0. The van der Waals surface area contributed by atoms with E-state index in [0.29, 0.717) is 5.95 Å². The van der Waals surface area contributed by atoms with E-state index < -0.39 is 12.2 Å². The zero-order valence-electron chi connectivity index (χ0n) is 24.2. The first kappa shape index (κ1) is 28.1. The zero-order chi connectivity index (χ0) is 29.0. The van der Waals surface area contributed by atoms with Gasteiger partial charge in [-0.15, -0.1) is 0 Å². The standard InChI is InChI=1S/C33H38N6O2/c1-22(18-23-10-8-13-25(19-23)30(33(2,3)4)41-31(34)40)37-32-35-16-15-29(38-32)39-17-9-14-26-21-36-27(20-28(26)39)24-11-6-5-7-12-24/h5-8,10-13,15-16,19-22,30H,9,14,17-18H2,1-4H3,(H2,34,40)(H,35,37,38)/t22-,30?/m0/s1. The number of nitrogens with one attached hydrogen (secondary N) is 1. The quantitative estimate of drug-likeness (QED) is 0.247. The lowest BCUT2D eigenvalue weighted by molar-refractivity contribution is 0.0359.